The van der Waals surface area contributed by atoms with Crippen LogP contribution in [0.3, 0.4) is 0 Å². The molecule has 1 saturated heterocycles. The van der Waals surface area contributed by atoms with Crippen molar-refractivity contribution in [2.75, 3.05) is 26.0 Å². The van der Waals surface area contributed by atoms with Gasteiger partial charge in [-0.15, -0.1) is 10.2 Å². The van der Waals surface area contributed by atoms with Crippen LogP contribution >= 0.6 is 11.8 Å². The largest absolute Gasteiger partial charge is 0.469 e. The fourth-order valence-corrected chi connectivity index (χ4v) is 3.62. The Bertz CT molecular complexity index is 735. The van der Waals surface area contributed by atoms with Crippen molar-refractivity contribution in [3.8, 4) is 11.6 Å². The van der Waals surface area contributed by atoms with E-state index in [0.717, 1.165) is 0 Å². The number of ether oxygens (including phenoxy) is 1. The van der Waals surface area contributed by atoms with E-state index in [1.54, 1.807) is 21.8 Å². The van der Waals surface area contributed by atoms with Crippen LogP contribution in [0.15, 0.2) is 28.0 Å². The van der Waals surface area contributed by atoms with Crippen LogP contribution < -0.4 is 0 Å². The van der Waals surface area contributed by atoms with Crippen molar-refractivity contribution in [1.82, 2.24) is 19.7 Å². The van der Waals surface area contributed by atoms with Crippen molar-refractivity contribution >= 4 is 23.6 Å². The first kappa shape index (κ1) is 17.5. The van der Waals surface area contributed by atoms with Crippen molar-refractivity contribution < 1.29 is 18.7 Å². The Kier molecular flexibility index (Phi) is 5.42. The standard InChI is InChI=1S/C16H20N4O4S/c1-19-14(12-4-3-9-24-12)17-18-16(19)25-10-13(21)20-7-5-11(6-8-20)15(22)23-2/h3-4,9,11H,5-8,10H2,1-2H3. The molecule has 1 fully saturated rings. The van der Waals surface area contributed by atoms with Crippen LogP contribution in [-0.4, -0.2) is 57.5 Å². The number of piperidine rings is 1. The molecule has 8 nitrogen and oxygen atoms in total. The third-order valence-electron chi connectivity index (χ3n) is 4.28. The summed E-state index contributed by atoms with van der Waals surface area (Å²) in [6, 6.07) is 3.60. The van der Waals surface area contributed by atoms with Crippen LogP contribution in [0.5, 0.6) is 0 Å². The number of carbonyl (C=O) groups excluding carboxylic acids is 2. The van der Waals surface area contributed by atoms with E-state index in [4.69, 9.17) is 9.15 Å². The van der Waals surface area contributed by atoms with E-state index in [9.17, 15) is 9.59 Å². The van der Waals surface area contributed by atoms with Gasteiger partial charge in [0.1, 0.15) is 0 Å². The van der Waals surface area contributed by atoms with Gasteiger partial charge in [0.25, 0.3) is 0 Å². The molecule has 0 atom stereocenters. The summed E-state index contributed by atoms with van der Waals surface area (Å²) in [4.78, 5) is 25.7. The van der Waals surface area contributed by atoms with Crippen molar-refractivity contribution in [2.45, 2.75) is 18.0 Å². The van der Waals surface area contributed by atoms with Gasteiger partial charge in [-0.1, -0.05) is 11.8 Å². The molecule has 3 rings (SSSR count). The normalized spacial score (nSPS) is 15.4. The molecule has 0 bridgehead atoms. The maximum atomic E-state index is 12.4. The minimum Gasteiger partial charge on any atom is -0.469 e. The number of likely N-dealkylation sites (tertiary alicyclic amines) is 1. The molecular weight excluding hydrogens is 344 g/mol. The Balaban J connectivity index is 1.53. The second kappa shape index (κ2) is 7.73. The molecule has 0 spiro atoms. The first-order valence-electron chi connectivity index (χ1n) is 8.02. The molecule has 0 unspecified atom stereocenters. The number of thioether (sulfide) groups is 1. The minimum absolute atomic E-state index is 0.0378. The summed E-state index contributed by atoms with van der Waals surface area (Å²) < 4.78 is 11.9. The highest BCUT2D eigenvalue weighted by molar-refractivity contribution is 7.99. The molecule has 0 N–H and O–H groups in total. The van der Waals surface area contributed by atoms with Crippen molar-refractivity contribution in [2.24, 2.45) is 13.0 Å². The highest BCUT2D eigenvalue weighted by Crippen LogP contribution is 2.24. The van der Waals surface area contributed by atoms with Crippen molar-refractivity contribution in [1.29, 1.82) is 0 Å². The van der Waals surface area contributed by atoms with Crippen molar-refractivity contribution in [3.63, 3.8) is 0 Å². The number of hydrogen-bond acceptors (Lipinski definition) is 7. The van der Waals surface area contributed by atoms with E-state index in [0.29, 0.717) is 42.7 Å². The SMILES string of the molecule is COC(=O)C1CCN(C(=O)CSc2nnc(-c3ccco3)n2C)CC1. The van der Waals surface area contributed by atoms with Gasteiger partial charge in [0.15, 0.2) is 16.7 Å². The molecule has 0 aliphatic carbocycles. The quantitative estimate of drug-likeness (QED) is 0.587. The highest BCUT2D eigenvalue weighted by atomic mass is 32.2. The number of hydrogen-bond donors (Lipinski definition) is 0. The van der Waals surface area contributed by atoms with Crippen LogP contribution in [0.25, 0.3) is 11.6 Å². The molecule has 0 radical (unpaired) electrons. The second-order valence-corrected chi connectivity index (χ2v) is 6.75. The molecule has 1 aliphatic rings. The van der Waals surface area contributed by atoms with Gasteiger partial charge < -0.3 is 18.6 Å². The monoisotopic (exact) mass is 364 g/mol. The third-order valence-corrected chi connectivity index (χ3v) is 5.29. The summed E-state index contributed by atoms with van der Waals surface area (Å²) in [6.07, 6.45) is 2.88. The lowest BCUT2D eigenvalue weighted by atomic mass is 9.97. The lowest BCUT2D eigenvalue weighted by Crippen LogP contribution is -2.41. The molecular formula is C16H20N4O4S. The van der Waals surface area contributed by atoms with Gasteiger partial charge in [-0.3, -0.25) is 9.59 Å². The number of furan rings is 1. The fraction of sp³-hybridized carbons (Fsp3) is 0.500. The Morgan fingerprint density at radius 2 is 2.12 bits per heavy atom. The van der Waals surface area contributed by atoms with E-state index in [-0.39, 0.29) is 23.5 Å². The Morgan fingerprint density at radius 3 is 2.76 bits per heavy atom. The van der Waals surface area contributed by atoms with E-state index in [1.165, 1.54) is 18.9 Å². The lowest BCUT2D eigenvalue weighted by Gasteiger charge is -2.30. The number of methoxy groups -OCH3 is 1. The molecule has 0 saturated carbocycles. The zero-order valence-corrected chi connectivity index (χ0v) is 15.0. The first-order chi connectivity index (χ1) is 12.1. The summed E-state index contributed by atoms with van der Waals surface area (Å²) >= 11 is 1.34. The van der Waals surface area contributed by atoms with E-state index in [1.807, 2.05) is 13.1 Å². The molecule has 2 aromatic rings. The number of nitrogens with zero attached hydrogens (tertiary/aromatic N) is 4. The smallest absolute Gasteiger partial charge is 0.308 e. The van der Waals surface area contributed by atoms with E-state index >= 15 is 0 Å². The summed E-state index contributed by atoms with van der Waals surface area (Å²) in [6.45, 7) is 1.16. The zero-order valence-electron chi connectivity index (χ0n) is 14.2. The average molecular weight is 364 g/mol. The molecule has 2 aromatic heterocycles. The van der Waals surface area contributed by atoms with Gasteiger partial charge in [0, 0.05) is 20.1 Å². The Labute approximate surface area is 149 Å². The molecule has 9 heteroatoms. The first-order valence-corrected chi connectivity index (χ1v) is 9.00. The summed E-state index contributed by atoms with van der Waals surface area (Å²) in [5, 5.41) is 8.89. The summed E-state index contributed by atoms with van der Waals surface area (Å²) in [7, 11) is 3.24. The maximum Gasteiger partial charge on any atom is 0.308 e. The predicted molar refractivity (Wildman–Crippen MR) is 90.7 cm³/mol. The molecule has 134 valence electrons. The van der Waals surface area contributed by atoms with Crippen LogP contribution in [-0.2, 0) is 21.4 Å². The van der Waals surface area contributed by atoms with Gasteiger partial charge in [-0.2, -0.15) is 0 Å². The van der Waals surface area contributed by atoms with Gasteiger partial charge >= 0.3 is 5.97 Å². The van der Waals surface area contributed by atoms with Gasteiger partial charge in [0.05, 0.1) is 25.0 Å². The Hall–Kier alpha value is -2.29. The molecule has 3 heterocycles. The number of amides is 1. The summed E-state index contributed by atoms with van der Waals surface area (Å²) in [5.74, 6) is 1.29. The highest BCUT2D eigenvalue weighted by Gasteiger charge is 2.28. The average Bonchev–Trinajstić information content (AvgIpc) is 3.29. The van der Waals surface area contributed by atoms with Crippen LogP contribution in [0.4, 0.5) is 0 Å². The zero-order chi connectivity index (χ0) is 17.8. The third kappa shape index (κ3) is 3.87. The van der Waals surface area contributed by atoms with Gasteiger partial charge in [-0.05, 0) is 25.0 Å². The molecule has 1 amide bonds. The second-order valence-electron chi connectivity index (χ2n) is 5.81. The van der Waals surface area contributed by atoms with Crippen LogP contribution in [0, 0.1) is 5.92 Å². The van der Waals surface area contributed by atoms with E-state index in [2.05, 4.69) is 10.2 Å². The van der Waals surface area contributed by atoms with Crippen LogP contribution in [0.2, 0.25) is 0 Å². The fourth-order valence-electron chi connectivity index (χ4n) is 2.81. The number of carbonyl (C=O) groups is 2. The number of aromatic nitrogens is 3. The molecule has 0 aromatic carbocycles. The van der Waals surface area contributed by atoms with Gasteiger partial charge in [-0.25, -0.2) is 0 Å². The van der Waals surface area contributed by atoms with Gasteiger partial charge in [0.2, 0.25) is 5.91 Å². The summed E-state index contributed by atoms with van der Waals surface area (Å²) in [5.41, 5.74) is 0. The van der Waals surface area contributed by atoms with E-state index < -0.39 is 0 Å². The number of rotatable bonds is 5. The molecule has 1 aliphatic heterocycles. The Morgan fingerprint density at radius 1 is 1.36 bits per heavy atom. The number of esters is 1. The maximum absolute atomic E-state index is 12.4. The minimum atomic E-state index is -0.189. The van der Waals surface area contributed by atoms with Crippen molar-refractivity contribution in [3.05, 3.63) is 18.4 Å². The van der Waals surface area contributed by atoms with Crippen LogP contribution in [0.1, 0.15) is 12.8 Å². The lowest BCUT2D eigenvalue weighted by molar-refractivity contribution is -0.148. The topological polar surface area (TPSA) is 90.5 Å². The predicted octanol–water partition coefficient (Wildman–Crippen LogP) is 1.58. The molecule has 25 heavy (non-hydrogen) atoms.